The number of ketones is 1. The number of ether oxygens (including phenoxy) is 4. The first kappa shape index (κ1) is 31.2. The molecule has 0 bridgehead atoms. The standard InChI is InChI=1S/C38H38O8Si/c1-21(39)44-35-30-28(27-29(31(30)41)33(43-7)26-24(32(27)42-6)19-14-20-25(26)40)34(36-38(35,5)45-36)46-47(37(2,3)4,22-15-10-8-11-16-22)23-17-12-9-13-18-23/h8-20,34-36,40H,1-7H3/t34-,35+,36-,38+/m0/s1. The number of esters is 1. The minimum Gasteiger partial charge on any atom is -0.507 e. The number of hydrogen-bond acceptors (Lipinski definition) is 8. The minimum absolute atomic E-state index is 0.0482. The molecule has 0 saturated carbocycles. The number of epoxide rings is 1. The van der Waals surface area contributed by atoms with Crippen LogP contribution in [0.2, 0.25) is 5.04 Å². The molecule has 0 amide bonds. The Kier molecular flexibility index (Phi) is 7.16. The van der Waals surface area contributed by atoms with Gasteiger partial charge in [0.15, 0.2) is 11.9 Å². The maximum absolute atomic E-state index is 14.8. The van der Waals surface area contributed by atoms with E-state index in [2.05, 4.69) is 45.0 Å². The minimum atomic E-state index is -3.20. The van der Waals surface area contributed by atoms with E-state index in [1.54, 1.807) is 12.1 Å². The van der Waals surface area contributed by atoms with Crippen molar-refractivity contribution < 1.29 is 38.1 Å². The zero-order chi connectivity index (χ0) is 33.5. The van der Waals surface area contributed by atoms with Crippen molar-refractivity contribution in [1.82, 2.24) is 0 Å². The highest BCUT2D eigenvalue weighted by Crippen LogP contribution is 2.62. The molecule has 1 fully saturated rings. The Hall–Kier alpha value is -4.44. The number of benzene rings is 4. The fourth-order valence-electron chi connectivity index (χ4n) is 7.89. The van der Waals surface area contributed by atoms with Crippen LogP contribution in [0.15, 0.2) is 84.4 Å². The Labute approximate surface area is 275 Å². The number of carbonyl (C=O) groups excluding carboxylic acids is 2. The zero-order valence-corrected chi connectivity index (χ0v) is 28.5. The fraction of sp³-hybridized carbons (Fsp3) is 0.316. The van der Waals surface area contributed by atoms with Crippen LogP contribution in [-0.2, 0) is 18.7 Å². The van der Waals surface area contributed by atoms with Gasteiger partial charge in [-0.3, -0.25) is 9.59 Å². The van der Waals surface area contributed by atoms with Gasteiger partial charge in [0.05, 0.1) is 30.7 Å². The Bertz CT molecular complexity index is 1920. The molecule has 4 aromatic carbocycles. The van der Waals surface area contributed by atoms with E-state index in [0.29, 0.717) is 27.7 Å². The van der Waals surface area contributed by atoms with Crippen molar-refractivity contribution in [2.75, 3.05) is 14.2 Å². The first-order chi connectivity index (χ1) is 22.4. The predicted molar refractivity (Wildman–Crippen MR) is 181 cm³/mol. The second-order valence-corrected chi connectivity index (χ2v) is 17.8. The van der Waals surface area contributed by atoms with Crippen molar-refractivity contribution in [2.45, 2.75) is 63.6 Å². The SMILES string of the molecule is COc1c2c(c(OC)c3c(O)cccc13)C(=O)C1=C2[C@H](O[Si](c2ccccc2)(c2ccccc2)C(C)(C)C)[C@@H]2O[C@]2(C)[C@@H]1OC(C)=O. The third-order valence-electron chi connectivity index (χ3n) is 9.89. The molecular weight excluding hydrogens is 612 g/mol. The maximum atomic E-state index is 14.8. The summed E-state index contributed by atoms with van der Waals surface area (Å²) in [6.07, 6.45) is -2.28. The van der Waals surface area contributed by atoms with Crippen molar-refractivity contribution in [3.8, 4) is 17.2 Å². The highest BCUT2D eigenvalue weighted by molar-refractivity contribution is 6.99. The van der Waals surface area contributed by atoms with E-state index < -0.39 is 38.2 Å². The van der Waals surface area contributed by atoms with Crippen molar-refractivity contribution in [1.29, 1.82) is 0 Å². The molecule has 1 saturated heterocycles. The molecule has 4 aromatic rings. The molecule has 242 valence electrons. The first-order valence-corrected chi connectivity index (χ1v) is 17.6. The summed E-state index contributed by atoms with van der Waals surface area (Å²) in [6.45, 7) is 9.77. The number of hydrogen-bond donors (Lipinski definition) is 1. The third-order valence-corrected chi connectivity index (χ3v) is 14.9. The molecular formula is C38H38O8Si. The van der Waals surface area contributed by atoms with Gasteiger partial charge in [-0.15, -0.1) is 0 Å². The van der Waals surface area contributed by atoms with E-state index in [4.69, 9.17) is 23.4 Å². The molecule has 1 aliphatic heterocycles. The molecule has 0 spiro atoms. The monoisotopic (exact) mass is 650 g/mol. The van der Waals surface area contributed by atoms with Crippen LogP contribution in [0.4, 0.5) is 0 Å². The van der Waals surface area contributed by atoms with Crippen LogP contribution in [0.25, 0.3) is 16.3 Å². The second-order valence-electron chi connectivity index (χ2n) is 13.6. The van der Waals surface area contributed by atoms with Crippen LogP contribution in [-0.4, -0.2) is 63.3 Å². The first-order valence-electron chi connectivity index (χ1n) is 15.7. The van der Waals surface area contributed by atoms with Crippen LogP contribution in [0.1, 0.15) is 50.5 Å². The Balaban J connectivity index is 1.57. The normalized spacial score (nSPS) is 23.2. The van der Waals surface area contributed by atoms with Crippen molar-refractivity contribution in [3.63, 3.8) is 0 Å². The average Bonchev–Trinajstić information content (AvgIpc) is 3.66. The topological polar surface area (TPSA) is 104 Å². The van der Waals surface area contributed by atoms with Gasteiger partial charge in [-0.05, 0) is 28.4 Å². The molecule has 1 heterocycles. The highest BCUT2D eigenvalue weighted by atomic mass is 28.4. The lowest BCUT2D eigenvalue weighted by Gasteiger charge is -2.46. The molecule has 1 N–H and O–H groups in total. The van der Waals surface area contributed by atoms with E-state index in [1.165, 1.54) is 21.1 Å². The summed E-state index contributed by atoms with van der Waals surface area (Å²) in [6, 6.07) is 25.6. The van der Waals surface area contributed by atoms with Gasteiger partial charge in [-0.1, -0.05) is 93.6 Å². The van der Waals surface area contributed by atoms with Crippen LogP contribution < -0.4 is 19.8 Å². The second kappa shape index (κ2) is 10.8. The summed E-state index contributed by atoms with van der Waals surface area (Å²) in [7, 11) is -0.188. The summed E-state index contributed by atoms with van der Waals surface area (Å²) in [5.74, 6) is -0.347. The number of methoxy groups -OCH3 is 2. The van der Waals surface area contributed by atoms with Gasteiger partial charge < -0.3 is 28.5 Å². The molecule has 9 heteroatoms. The molecule has 4 atom stereocenters. The quantitative estimate of drug-likeness (QED) is 0.158. The number of aromatic hydroxyl groups is 1. The van der Waals surface area contributed by atoms with Gasteiger partial charge in [0, 0.05) is 23.4 Å². The summed E-state index contributed by atoms with van der Waals surface area (Å²) >= 11 is 0. The average molecular weight is 651 g/mol. The molecule has 8 nitrogen and oxygen atoms in total. The third kappa shape index (κ3) is 4.33. The van der Waals surface area contributed by atoms with Gasteiger partial charge in [0.1, 0.15) is 35.1 Å². The molecule has 7 rings (SSSR count). The smallest absolute Gasteiger partial charge is 0.303 e. The fourth-order valence-corrected chi connectivity index (χ4v) is 12.5. The summed E-state index contributed by atoms with van der Waals surface area (Å²) < 4.78 is 32.1. The largest absolute Gasteiger partial charge is 0.507 e. The van der Waals surface area contributed by atoms with Gasteiger partial charge in [-0.25, -0.2) is 0 Å². The molecule has 2 aliphatic carbocycles. The molecule has 0 radical (unpaired) electrons. The van der Waals surface area contributed by atoms with Crippen LogP contribution in [0.3, 0.4) is 0 Å². The van der Waals surface area contributed by atoms with E-state index in [0.717, 1.165) is 10.4 Å². The lowest BCUT2D eigenvalue weighted by molar-refractivity contribution is -0.147. The molecule has 0 aromatic heterocycles. The van der Waals surface area contributed by atoms with Gasteiger partial charge >= 0.3 is 5.97 Å². The number of fused-ring (bicyclic) bond motifs is 4. The summed E-state index contributed by atoms with van der Waals surface area (Å²) in [5, 5.41) is 13.7. The van der Waals surface area contributed by atoms with Crippen molar-refractivity contribution in [3.05, 3.63) is 95.6 Å². The van der Waals surface area contributed by atoms with Crippen LogP contribution in [0.5, 0.6) is 17.2 Å². The van der Waals surface area contributed by atoms with E-state index >= 15 is 0 Å². The lowest BCUT2D eigenvalue weighted by atomic mass is 9.80. The predicted octanol–water partition coefficient (Wildman–Crippen LogP) is 5.56. The van der Waals surface area contributed by atoms with E-state index in [-0.39, 0.29) is 33.5 Å². The number of phenolic OH excluding ortho intramolecular Hbond substituents is 1. The highest BCUT2D eigenvalue weighted by Gasteiger charge is 2.72. The molecule has 3 aliphatic rings. The maximum Gasteiger partial charge on any atom is 0.303 e. The van der Waals surface area contributed by atoms with Crippen molar-refractivity contribution in [2.24, 2.45) is 0 Å². The van der Waals surface area contributed by atoms with E-state index in [1.807, 2.05) is 49.4 Å². The summed E-state index contributed by atoms with van der Waals surface area (Å²) in [5.41, 5.74) is 0.562. The van der Waals surface area contributed by atoms with Crippen LogP contribution >= 0.6 is 0 Å². The van der Waals surface area contributed by atoms with Gasteiger partial charge in [0.25, 0.3) is 8.32 Å². The number of rotatable bonds is 7. The lowest BCUT2D eigenvalue weighted by Crippen LogP contribution is -2.68. The van der Waals surface area contributed by atoms with Crippen LogP contribution in [0, 0.1) is 0 Å². The Morgan fingerprint density at radius 3 is 1.98 bits per heavy atom. The van der Waals surface area contributed by atoms with E-state index in [9.17, 15) is 14.7 Å². The molecule has 47 heavy (non-hydrogen) atoms. The zero-order valence-electron chi connectivity index (χ0n) is 27.5. The number of Topliss-reactive ketones (excluding diaryl/α,β-unsaturated/α-hetero) is 1. The van der Waals surface area contributed by atoms with Crippen molar-refractivity contribution >= 4 is 46.8 Å². The van der Waals surface area contributed by atoms with Gasteiger partial charge in [-0.2, -0.15) is 0 Å². The molecule has 0 unspecified atom stereocenters. The number of carbonyl (C=O) groups is 2. The number of phenols is 1. The van der Waals surface area contributed by atoms with Gasteiger partial charge in [0.2, 0.25) is 0 Å². The summed E-state index contributed by atoms with van der Waals surface area (Å²) in [4.78, 5) is 27.4. The Morgan fingerprint density at radius 1 is 0.851 bits per heavy atom. The Morgan fingerprint density at radius 2 is 1.45 bits per heavy atom.